The van der Waals surface area contributed by atoms with Crippen LogP contribution in [0.15, 0.2) is 77.8 Å². The molecule has 3 heterocycles. The number of carbonyl (C=O) groups excluding carboxylic acids is 2. The SMILES string of the molecule is Cn1cc(CCN2C(=O)C(=O)/C(=C(\O)c3cccc([N+](=O)[O-])c3)C2c2cccs2)c2ccccc21. The third-order valence-electron chi connectivity index (χ3n) is 6.28. The number of non-ortho nitro benzene ring substituents is 1. The predicted molar refractivity (Wildman–Crippen MR) is 133 cm³/mol. The van der Waals surface area contributed by atoms with E-state index in [1.807, 2.05) is 59.6 Å². The van der Waals surface area contributed by atoms with Crippen LogP contribution in [-0.2, 0) is 23.1 Å². The number of rotatable bonds is 6. The lowest BCUT2D eigenvalue weighted by atomic mass is 9.99. The molecule has 35 heavy (non-hydrogen) atoms. The number of hydrogen-bond donors (Lipinski definition) is 1. The number of nitrogens with zero attached hydrogens (tertiary/aromatic N) is 3. The van der Waals surface area contributed by atoms with Crippen molar-refractivity contribution in [3.8, 4) is 0 Å². The van der Waals surface area contributed by atoms with E-state index in [0.717, 1.165) is 21.3 Å². The minimum Gasteiger partial charge on any atom is -0.507 e. The molecule has 4 aromatic rings. The number of thiophene rings is 1. The lowest BCUT2D eigenvalue weighted by Gasteiger charge is -2.24. The number of ketones is 1. The molecule has 1 unspecified atom stereocenters. The third-order valence-corrected chi connectivity index (χ3v) is 7.21. The molecule has 0 saturated carbocycles. The Bertz CT molecular complexity index is 1500. The number of para-hydroxylation sites is 1. The highest BCUT2D eigenvalue weighted by Gasteiger charge is 2.46. The number of hydrogen-bond acceptors (Lipinski definition) is 6. The fraction of sp³-hybridized carbons (Fsp3) is 0.154. The summed E-state index contributed by atoms with van der Waals surface area (Å²) >= 11 is 1.38. The Balaban J connectivity index is 1.55. The Labute approximate surface area is 204 Å². The first-order valence-electron chi connectivity index (χ1n) is 11.0. The van der Waals surface area contributed by atoms with Crippen LogP contribution in [0, 0.1) is 10.1 Å². The molecule has 0 spiro atoms. The van der Waals surface area contributed by atoms with Crippen LogP contribution in [0.25, 0.3) is 16.7 Å². The van der Waals surface area contributed by atoms with Gasteiger partial charge in [-0.25, -0.2) is 0 Å². The van der Waals surface area contributed by atoms with Gasteiger partial charge in [0.1, 0.15) is 5.76 Å². The summed E-state index contributed by atoms with van der Waals surface area (Å²) in [6, 6.07) is 16.3. The van der Waals surface area contributed by atoms with Crippen molar-refractivity contribution >= 4 is 45.4 Å². The molecule has 1 aliphatic heterocycles. The molecule has 0 bridgehead atoms. The van der Waals surface area contributed by atoms with Gasteiger partial charge >= 0.3 is 0 Å². The standard InChI is InChI=1S/C26H21N3O5S/c1-27-15-17(19-8-2-3-9-20(19)27)11-12-28-23(21-10-5-13-35-21)22(25(31)26(28)32)24(30)16-6-4-7-18(14-16)29(33)34/h2-10,13-15,23,30H,11-12H2,1H3/b24-22-. The van der Waals surface area contributed by atoms with Crippen LogP contribution in [0.4, 0.5) is 5.69 Å². The summed E-state index contributed by atoms with van der Waals surface area (Å²) in [5.41, 5.74) is 1.97. The Kier molecular flexibility index (Phi) is 5.70. The topological polar surface area (TPSA) is 106 Å². The predicted octanol–water partition coefficient (Wildman–Crippen LogP) is 4.81. The minimum atomic E-state index is -0.801. The van der Waals surface area contributed by atoms with E-state index in [1.165, 1.54) is 40.5 Å². The molecule has 1 amide bonds. The van der Waals surface area contributed by atoms with Crippen LogP contribution in [0.2, 0.25) is 0 Å². The number of aliphatic hydroxyl groups excluding tert-OH is 1. The maximum absolute atomic E-state index is 13.1. The Morgan fingerprint density at radius 1 is 1.11 bits per heavy atom. The fourth-order valence-electron chi connectivity index (χ4n) is 4.64. The maximum atomic E-state index is 13.1. The number of nitro groups is 1. The highest BCUT2D eigenvalue weighted by molar-refractivity contribution is 7.10. The number of Topliss-reactive ketones (excluding diaryl/α,β-unsaturated/α-hetero) is 1. The minimum absolute atomic E-state index is 0.0594. The van der Waals surface area contributed by atoms with Gasteiger partial charge in [0.25, 0.3) is 17.4 Å². The molecule has 1 saturated heterocycles. The molecule has 0 radical (unpaired) electrons. The largest absolute Gasteiger partial charge is 0.507 e. The number of likely N-dealkylation sites (tertiary alicyclic amines) is 1. The summed E-state index contributed by atoms with van der Waals surface area (Å²) in [4.78, 5) is 39.1. The zero-order valence-electron chi connectivity index (χ0n) is 18.7. The normalized spacial score (nSPS) is 17.4. The Morgan fingerprint density at radius 3 is 2.66 bits per heavy atom. The van der Waals surface area contributed by atoms with Crippen molar-refractivity contribution in [3.05, 3.63) is 104 Å². The third kappa shape index (κ3) is 3.89. The molecular weight excluding hydrogens is 466 g/mol. The van der Waals surface area contributed by atoms with Crippen LogP contribution in [0.5, 0.6) is 0 Å². The van der Waals surface area contributed by atoms with Crippen LogP contribution < -0.4 is 0 Å². The molecule has 176 valence electrons. The lowest BCUT2D eigenvalue weighted by molar-refractivity contribution is -0.384. The molecule has 2 aromatic carbocycles. The van der Waals surface area contributed by atoms with Crippen molar-refractivity contribution < 1.29 is 19.6 Å². The molecular formula is C26H21N3O5S. The van der Waals surface area contributed by atoms with Crippen molar-refractivity contribution in [2.75, 3.05) is 6.54 Å². The smallest absolute Gasteiger partial charge is 0.295 e. The Morgan fingerprint density at radius 2 is 1.91 bits per heavy atom. The van der Waals surface area contributed by atoms with Crippen molar-refractivity contribution in [3.63, 3.8) is 0 Å². The van der Waals surface area contributed by atoms with E-state index in [1.54, 1.807) is 0 Å². The van der Waals surface area contributed by atoms with Gasteiger partial charge in [0.05, 0.1) is 16.5 Å². The van der Waals surface area contributed by atoms with Gasteiger partial charge in [-0.1, -0.05) is 36.4 Å². The first-order valence-corrected chi connectivity index (χ1v) is 11.8. The maximum Gasteiger partial charge on any atom is 0.295 e. The molecule has 1 fully saturated rings. The van der Waals surface area contributed by atoms with Gasteiger partial charge in [0, 0.05) is 53.3 Å². The summed E-state index contributed by atoms with van der Waals surface area (Å²) in [7, 11) is 1.96. The quantitative estimate of drug-likeness (QED) is 0.138. The molecule has 8 nitrogen and oxygen atoms in total. The van der Waals surface area contributed by atoms with Crippen molar-refractivity contribution in [2.24, 2.45) is 7.05 Å². The molecule has 1 aliphatic rings. The average Bonchev–Trinajstić information content (AvgIpc) is 3.56. The number of fused-ring (bicyclic) bond motifs is 1. The van der Waals surface area contributed by atoms with Crippen LogP contribution >= 0.6 is 11.3 Å². The second-order valence-electron chi connectivity index (χ2n) is 8.35. The number of carbonyl (C=O) groups is 2. The van der Waals surface area contributed by atoms with Gasteiger partial charge in [-0.3, -0.25) is 19.7 Å². The number of amides is 1. The van der Waals surface area contributed by atoms with E-state index in [0.29, 0.717) is 6.42 Å². The molecule has 2 aromatic heterocycles. The van der Waals surface area contributed by atoms with E-state index in [2.05, 4.69) is 0 Å². The lowest BCUT2D eigenvalue weighted by Crippen LogP contribution is -2.31. The first-order chi connectivity index (χ1) is 16.9. The van der Waals surface area contributed by atoms with Gasteiger partial charge in [0.15, 0.2) is 0 Å². The van der Waals surface area contributed by atoms with E-state index in [-0.39, 0.29) is 23.4 Å². The zero-order chi connectivity index (χ0) is 24.7. The van der Waals surface area contributed by atoms with Gasteiger partial charge in [-0.2, -0.15) is 0 Å². The molecule has 0 aliphatic carbocycles. The second-order valence-corrected chi connectivity index (χ2v) is 9.33. The van der Waals surface area contributed by atoms with E-state index >= 15 is 0 Å². The van der Waals surface area contributed by atoms with Crippen molar-refractivity contribution in [1.82, 2.24) is 9.47 Å². The van der Waals surface area contributed by atoms with Gasteiger partial charge in [0.2, 0.25) is 0 Å². The number of aromatic nitrogens is 1. The summed E-state index contributed by atoms with van der Waals surface area (Å²) in [6.07, 6.45) is 2.54. The number of aryl methyl sites for hydroxylation is 1. The van der Waals surface area contributed by atoms with Crippen LogP contribution in [-0.4, -0.2) is 37.7 Å². The molecule has 5 rings (SSSR count). The van der Waals surface area contributed by atoms with E-state index in [9.17, 15) is 24.8 Å². The molecule has 1 N–H and O–H groups in total. The average molecular weight is 488 g/mol. The first kappa shape index (κ1) is 22.5. The highest BCUT2D eigenvalue weighted by atomic mass is 32.1. The summed E-state index contributed by atoms with van der Waals surface area (Å²) < 4.78 is 2.03. The van der Waals surface area contributed by atoms with Crippen LogP contribution in [0.1, 0.15) is 22.0 Å². The zero-order valence-corrected chi connectivity index (χ0v) is 19.6. The number of aliphatic hydroxyl groups is 1. The number of nitro benzene ring substituents is 1. The fourth-order valence-corrected chi connectivity index (χ4v) is 5.49. The summed E-state index contributed by atoms with van der Waals surface area (Å²) in [5.74, 6) is -1.92. The van der Waals surface area contributed by atoms with Crippen molar-refractivity contribution in [1.29, 1.82) is 0 Å². The monoisotopic (exact) mass is 487 g/mol. The second kappa shape index (κ2) is 8.84. The van der Waals surface area contributed by atoms with E-state index in [4.69, 9.17) is 0 Å². The number of benzene rings is 2. The van der Waals surface area contributed by atoms with Crippen molar-refractivity contribution in [2.45, 2.75) is 12.5 Å². The van der Waals surface area contributed by atoms with Gasteiger partial charge in [-0.15, -0.1) is 11.3 Å². The Hall–Kier alpha value is -4.24. The van der Waals surface area contributed by atoms with Gasteiger partial charge < -0.3 is 14.6 Å². The van der Waals surface area contributed by atoms with Gasteiger partial charge in [-0.05, 0) is 29.5 Å². The summed E-state index contributed by atoms with van der Waals surface area (Å²) in [5, 5.41) is 25.2. The van der Waals surface area contributed by atoms with E-state index < -0.39 is 28.4 Å². The molecule has 9 heteroatoms. The highest BCUT2D eigenvalue weighted by Crippen LogP contribution is 2.41. The molecule has 1 atom stereocenters. The van der Waals surface area contributed by atoms with Crippen LogP contribution in [0.3, 0.4) is 0 Å². The summed E-state index contributed by atoms with van der Waals surface area (Å²) in [6.45, 7) is 0.271.